The molecule has 0 N–H and O–H groups in total. The molecule has 4 nitrogen and oxygen atoms in total. The summed E-state index contributed by atoms with van der Waals surface area (Å²) in [6.45, 7) is 4.38. The largest absolute Gasteiger partial charge is 0.330 e. The van der Waals surface area contributed by atoms with Crippen LogP contribution in [0, 0.1) is 6.92 Å². The molecule has 0 spiro atoms. The predicted molar refractivity (Wildman–Crippen MR) is 98.9 cm³/mol. The Kier molecular flexibility index (Phi) is 4.37. The second-order valence-corrected chi connectivity index (χ2v) is 7.87. The van der Waals surface area contributed by atoms with Gasteiger partial charge in [0.05, 0.1) is 4.90 Å². The molecular formula is C19H22N2O2S. The van der Waals surface area contributed by atoms with E-state index in [1.165, 1.54) is 4.31 Å². The van der Waals surface area contributed by atoms with Crippen LogP contribution in [0.3, 0.4) is 0 Å². The van der Waals surface area contributed by atoms with Crippen molar-refractivity contribution in [3.63, 3.8) is 0 Å². The molecule has 1 heterocycles. The molecule has 0 saturated heterocycles. The Balaban J connectivity index is 2.15. The summed E-state index contributed by atoms with van der Waals surface area (Å²) in [5.74, 6) is 0.693. The van der Waals surface area contributed by atoms with Crippen LogP contribution in [0.5, 0.6) is 0 Å². The molecule has 24 heavy (non-hydrogen) atoms. The van der Waals surface area contributed by atoms with Gasteiger partial charge in [0.2, 0.25) is 0 Å². The summed E-state index contributed by atoms with van der Waals surface area (Å²) in [6.07, 6.45) is 0.743. The Bertz CT molecular complexity index is 957. The van der Waals surface area contributed by atoms with Crippen molar-refractivity contribution in [2.75, 3.05) is 10.8 Å². The van der Waals surface area contributed by atoms with Crippen molar-refractivity contribution in [1.29, 1.82) is 0 Å². The molecule has 3 aromatic rings. The van der Waals surface area contributed by atoms with Gasteiger partial charge in [0.25, 0.3) is 10.0 Å². The fourth-order valence-corrected chi connectivity index (χ4v) is 4.49. The number of benzene rings is 2. The number of sulfonamides is 1. The molecule has 0 atom stereocenters. The lowest BCUT2D eigenvalue weighted by atomic mass is 10.2. The first-order valence-corrected chi connectivity index (χ1v) is 9.53. The summed E-state index contributed by atoms with van der Waals surface area (Å²) in [5, 5.41) is 1.04. The second kappa shape index (κ2) is 6.32. The minimum absolute atomic E-state index is 0.326. The number of aryl methyl sites for hydroxylation is 2. The van der Waals surface area contributed by atoms with Crippen LogP contribution in [0.25, 0.3) is 10.9 Å². The standard InChI is InChI=1S/C19H22N2O2S/c1-4-13-21(24(22,23)17-11-9-15(2)10-12-17)19-14-16-7-5-6-8-18(16)20(19)3/h5-12,14H,4,13H2,1-3H3. The number of anilines is 1. The van der Waals surface area contributed by atoms with Gasteiger partial charge in [0.1, 0.15) is 5.82 Å². The molecule has 3 rings (SSSR count). The molecule has 1 aromatic heterocycles. The summed E-state index contributed by atoms with van der Waals surface area (Å²) in [6, 6.07) is 16.9. The maximum absolute atomic E-state index is 13.2. The lowest BCUT2D eigenvalue weighted by Gasteiger charge is -2.24. The topological polar surface area (TPSA) is 42.3 Å². The fourth-order valence-electron chi connectivity index (χ4n) is 2.91. The van der Waals surface area contributed by atoms with Gasteiger partial charge >= 0.3 is 0 Å². The number of fused-ring (bicyclic) bond motifs is 1. The van der Waals surface area contributed by atoms with Crippen molar-refractivity contribution >= 4 is 26.7 Å². The zero-order valence-electron chi connectivity index (χ0n) is 14.2. The van der Waals surface area contributed by atoms with Crippen LogP contribution in [0.2, 0.25) is 0 Å². The molecule has 0 bridgehead atoms. The van der Waals surface area contributed by atoms with Gasteiger partial charge in [-0.25, -0.2) is 8.42 Å². The molecule has 2 aromatic carbocycles. The van der Waals surface area contributed by atoms with E-state index in [0.29, 0.717) is 17.3 Å². The van der Waals surface area contributed by atoms with E-state index in [2.05, 4.69) is 0 Å². The van der Waals surface area contributed by atoms with Crippen molar-refractivity contribution in [3.05, 3.63) is 60.2 Å². The van der Waals surface area contributed by atoms with Crippen LogP contribution < -0.4 is 4.31 Å². The molecule has 0 amide bonds. The van der Waals surface area contributed by atoms with E-state index >= 15 is 0 Å². The lowest BCUT2D eigenvalue weighted by Crippen LogP contribution is -2.33. The molecular weight excluding hydrogens is 320 g/mol. The highest BCUT2D eigenvalue weighted by atomic mass is 32.2. The summed E-state index contributed by atoms with van der Waals surface area (Å²) in [5.41, 5.74) is 2.06. The van der Waals surface area contributed by atoms with E-state index in [1.54, 1.807) is 12.1 Å². The van der Waals surface area contributed by atoms with Crippen molar-refractivity contribution in [2.24, 2.45) is 7.05 Å². The van der Waals surface area contributed by atoms with E-state index in [1.807, 2.05) is 67.9 Å². The van der Waals surface area contributed by atoms with Gasteiger partial charge in [-0.1, -0.05) is 42.8 Å². The Morgan fingerprint density at radius 1 is 1.04 bits per heavy atom. The van der Waals surface area contributed by atoms with E-state index in [0.717, 1.165) is 22.9 Å². The van der Waals surface area contributed by atoms with E-state index < -0.39 is 10.0 Å². The van der Waals surface area contributed by atoms with Crippen molar-refractivity contribution in [2.45, 2.75) is 25.2 Å². The molecule has 0 radical (unpaired) electrons. The minimum atomic E-state index is -3.59. The predicted octanol–water partition coefficient (Wildman–Crippen LogP) is 4.09. The van der Waals surface area contributed by atoms with Crippen LogP contribution in [-0.2, 0) is 17.1 Å². The zero-order valence-corrected chi connectivity index (χ0v) is 15.0. The molecule has 0 saturated carbocycles. The summed E-state index contributed by atoms with van der Waals surface area (Å²) in [4.78, 5) is 0.326. The Labute approximate surface area is 143 Å². The van der Waals surface area contributed by atoms with Gasteiger partial charge in [-0.3, -0.25) is 4.31 Å². The molecule has 0 aliphatic carbocycles. The molecule has 5 heteroatoms. The van der Waals surface area contributed by atoms with Crippen molar-refractivity contribution in [3.8, 4) is 0 Å². The number of hydrogen-bond donors (Lipinski definition) is 0. The third kappa shape index (κ3) is 2.80. The van der Waals surface area contributed by atoms with Gasteiger partial charge in [-0.2, -0.15) is 0 Å². The number of rotatable bonds is 5. The highest BCUT2D eigenvalue weighted by Crippen LogP contribution is 2.29. The normalized spacial score (nSPS) is 11.8. The lowest BCUT2D eigenvalue weighted by molar-refractivity contribution is 0.588. The molecule has 0 aliphatic rings. The number of nitrogens with zero attached hydrogens (tertiary/aromatic N) is 2. The highest BCUT2D eigenvalue weighted by Gasteiger charge is 2.26. The maximum Gasteiger partial charge on any atom is 0.265 e. The van der Waals surface area contributed by atoms with Crippen LogP contribution in [0.1, 0.15) is 18.9 Å². The van der Waals surface area contributed by atoms with Gasteiger partial charge in [0, 0.05) is 24.5 Å². The van der Waals surface area contributed by atoms with E-state index in [4.69, 9.17) is 0 Å². The number of aromatic nitrogens is 1. The Morgan fingerprint density at radius 2 is 1.71 bits per heavy atom. The smallest absolute Gasteiger partial charge is 0.265 e. The Morgan fingerprint density at radius 3 is 2.33 bits per heavy atom. The SMILES string of the molecule is CCCN(c1cc2ccccc2n1C)S(=O)(=O)c1ccc(C)cc1. The Hall–Kier alpha value is -2.27. The highest BCUT2D eigenvalue weighted by molar-refractivity contribution is 7.92. The average molecular weight is 342 g/mol. The molecule has 126 valence electrons. The van der Waals surface area contributed by atoms with Gasteiger partial charge < -0.3 is 4.57 Å². The summed E-state index contributed by atoms with van der Waals surface area (Å²) < 4.78 is 29.8. The zero-order chi connectivity index (χ0) is 17.3. The summed E-state index contributed by atoms with van der Waals surface area (Å²) >= 11 is 0. The third-order valence-corrected chi connectivity index (χ3v) is 6.04. The van der Waals surface area contributed by atoms with Crippen LogP contribution in [-0.4, -0.2) is 19.5 Å². The minimum Gasteiger partial charge on any atom is -0.330 e. The number of para-hydroxylation sites is 1. The van der Waals surface area contributed by atoms with Crippen LogP contribution in [0.15, 0.2) is 59.5 Å². The monoisotopic (exact) mass is 342 g/mol. The van der Waals surface area contributed by atoms with Gasteiger partial charge in [-0.15, -0.1) is 0 Å². The van der Waals surface area contributed by atoms with Gasteiger partial charge in [-0.05, 0) is 37.6 Å². The van der Waals surface area contributed by atoms with E-state index in [-0.39, 0.29) is 0 Å². The quantitative estimate of drug-likeness (QED) is 0.701. The molecule has 0 unspecified atom stereocenters. The number of hydrogen-bond acceptors (Lipinski definition) is 2. The average Bonchev–Trinajstić information content (AvgIpc) is 2.90. The summed E-state index contributed by atoms with van der Waals surface area (Å²) in [7, 11) is -1.68. The first-order chi connectivity index (χ1) is 11.4. The van der Waals surface area contributed by atoms with E-state index in [9.17, 15) is 8.42 Å². The second-order valence-electron chi connectivity index (χ2n) is 6.01. The van der Waals surface area contributed by atoms with Crippen molar-refractivity contribution < 1.29 is 8.42 Å². The van der Waals surface area contributed by atoms with Crippen LogP contribution in [0.4, 0.5) is 5.82 Å². The third-order valence-electron chi connectivity index (χ3n) is 4.22. The van der Waals surface area contributed by atoms with Crippen molar-refractivity contribution in [1.82, 2.24) is 4.57 Å². The molecule has 0 aliphatic heterocycles. The fraction of sp³-hybridized carbons (Fsp3) is 0.263. The van der Waals surface area contributed by atoms with Gasteiger partial charge in [0.15, 0.2) is 0 Å². The first-order valence-electron chi connectivity index (χ1n) is 8.09. The molecule has 0 fully saturated rings. The maximum atomic E-state index is 13.2. The van der Waals surface area contributed by atoms with Crippen LogP contribution >= 0.6 is 0 Å². The first kappa shape index (κ1) is 16.6.